The number of carbonyl (C=O) groups excluding carboxylic acids is 2. The van der Waals surface area contributed by atoms with Gasteiger partial charge in [-0.15, -0.1) is 11.8 Å². The monoisotopic (exact) mass is 476 g/mol. The van der Waals surface area contributed by atoms with Crippen LogP contribution in [-0.2, 0) is 4.79 Å². The summed E-state index contributed by atoms with van der Waals surface area (Å²) in [5.41, 5.74) is 1.49. The molecule has 3 rings (SSSR count). The Labute approximate surface area is 194 Å². The molecule has 0 saturated heterocycles. The van der Waals surface area contributed by atoms with Crippen molar-refractivity contribution >= 4 is 58.2 Å². The lowest BCUT2D eigenvalue weighted by Gasteiger charge is -2.16. The molecule has 0 aliphatic carbocycles. The van der Waals surface area contributed by atoms with Gasteiger partial charge in [0.05, 0.1) is 10.3 Å². The molecule has 1 atom stereocenters. The molecule has 160 valence electrons. The molecule has 3 aromatic rings. The smallest absolute Gasteiger partial charge is 0.255 e. The van der Waals surface area contributed by atoms with E-state index < -0.39 is 5.82 Å². The minimum atomic E-state index is -0.544. The van der Waals surface area contributed by atoms with Crippen LogP contribution in [0.15, 0.2) is 71.6 Å². The Morgan fingerprint density at radius 2 is 1.71 bits per heavy atom. The molecule has 0 fully saturated rings. The van der Waals surface area contributed by atoms with Gasteiger partial charge in [0, 0.05) is 26.9 Å². The van der Waals surface area contributed by atoms with Crippen LogP contribution >= 0.6 is 35.0 Å². The van der Waals surface area contributed by atoms with Crippen molar-refractivity contribution in [2.75, 3.05) is 10.6 Å². The first-order chi connectivity index (χ1) is 14.9. The maximum absolute atomic E-state index is 13.3. The van der Waals surface area contributed by atoms with Gasteiger partial charge in [-0.05, 0) is 61.0 Å². The van der Waals surface area contributed by atoms with Crippen LogP contribution in [0.1, 0.15) is 23.7 Å². The third-order valence-corrected chi connectivity index (χ3v) is 6.19. The van der Waals surface area contributed by atoms with Crippen LogP contribution in [0.3, 0.4) is 0 Å². The zero-order chi connectivity index (χ0) is 22.4. The summed E-state index contributed by atoms with van der Waals surface area (Å²) in [7, 11) is 0. The van der Waals surface area contributed by atoms with Crippen LogP contribution in [0.2, 0.25) is 10.0 Å². The average Bonchev–Trinajstić information content (AvgIpc) is 2.75. The summed E-state index contributed by atoms with van der Waals surface area (Å²) in [5.74, 6) is -1.04. The van der Waals surface area contributed by atoms with E-state index in [0.29, 0.717) is 28.4 Å². The van der Waals surface area contributed by atoms with Gasteiger partial charge in [0.25, 0.3) is 5.91 Å². The van der Waals surface area contributed by atoms with E-state index in [1.165, 1.54) is 30.0 Å². The van der Waals surface area contributed by atoms with E-state index in [9.17, 15) is 14.0 Å². The predicted octanol–water partition coefficient (Wildman–Crippen LogP) is 6.89. The molecule has 31 heavy (non-hydrogen) atoms. The van der Waals surface area contributed by atoms with Crippen molar-refractivity contribution in [1.82, 2.24) is 0 Å². The fourth-order valence-corrected chi connectivity index (χ4v) is 4.15. The number of thioether (sulfide) groups is 1. The third kappa shape index (κ3) is 6.47. The van der Waals surface area contributed by atoms with E-state index >= 15 is 0 Å². The van der Waals surface area contributed by atoms with Crippen LogP contribution in [-0.4, -0.2) is 17.1 Å². The van der Waals surface area contributed by atoms with Crippen molar-refractivity contribution in [2.45, 2.75) is 23.5 Å². The molecule has 2 amide bonds. The van der Waals surface area contributed by atoms with E-state index in [2.05, 4.69) is 10.6 Å². The highest BCUT2D eigenvalue weighted by Crippen LogP contribution is 2.29. The molecule has 8 heteroatoms. The maximum Gasteiger partial charge on any atom is 0.255 e. The molecule has 0 aliphatic heterocycles. The van der Waals surface area contributed by atoms with Gasteiger partial charge in [0.15, 0.2) is 0 Å². The molecule has 0 spiro atoms. The lowest BCUT2D eigenvalue weighted by molar-refractivity contribution is -0.115. The minimum absolute atomic E-state index is 0.0540. The van der Waals surface area contributed by atoms with Gasteiger partial charge >= 0.3 is 0 Å². The summed E-state index contributed by atoms with van der Waals surface area (Å²) >= 11 is 13.1. The van der Waals surface area contributed by atoms with Crippen LogP contribution < -0.4 is 10.6 Å². The van der Waals surface area contributed by atoms with Crippen molar-refractivity contribution in [3.63, 3.8) is 0 Å². The van der Waals surface area contributed by atoms with E-state index in [1.54, 1.807) is 42.5 Å². The Balaban J connectivity index is 1.67. The number of rotatable bonds is 7. The van der Waals surface area contributed by atoms with Gasteiger partial charge in [-0.3, -0.25) is 9.59 Å². The largest absolute Gasteiger partial charge is 0.325 e. The van der Waals surface area contributed by atoms with Crippen molar-refractivity contribution in [2.24, 2.45) is 0 Å². The van der Waals surface area contributed by atoms with Crippen molar-refractivity contribution in [3.8, 4) is 0 Å². The Morgan fingerprint density at radius 3 is 2.42 bits per heavy atom. The van der Waals surface area contributed by atoms with Crippen molar-refractivity contribution < 1.29 is 14.0 Å². The lowest BCUT2D eigenvalue weighted by atomic mass is 10.2. The Morgan fingerprint density at radius 1 is 0.968 bits per heavy atom. The number of carbonyl (C=O) groups is 2. The average molecular weight is 477 g/mol. The predicted molar refractivity (Wildman–Crippen MR) is 126 cm³/mol. The second-order valence-corrected chi connectivity index (χ2v) is 8.74. The first-order valence-corrected chi connectivity index (χ1v) is 11.1. The van der Waals surface area contributed by atoms with Crippen molar-refractivity contribution in [3.05, 3.63) is 88.2 Å². The summed E-state index contributed by atoms with van der Waals surface area (Å²) in [6.45, 7) is 1.90. The first kappa shape index (κ1) is 23.1. The standard InChI is InChI=1S/C23H19Cl2FN2O2S/c1-2-21(23(30)28-17-9-10-20(26)19(25)13-17)31-18-8-4-7-16(12-18)27-22(29)14-5-3-6-15(24)11-14/h3-13,21H,2H2,1H3,(H,27,29)(H,28,30). The molecule has 1 unspecified atom stereocenters. The summed E-state index contributed by atoms with van der Waals surface area (Å²) < 4.78 is 13.3. The van der Waals surface area contributed by atoms with Gasteiger partial charge in [0.2, 0.25) is 5.91 Å². The summed E-state index contributed by atoms with van der Waals surface area (Å²) in [5, 5.41) is 5.64. The van der Waals surface area contributed by atoms with E-state index in [4.69, 9.17) is 23.2 Å². The van der Waals surface area contributed by atoms with Crippen LogP contribution in [0.25, 0.3) is 0 Å². The molecule has 0 aromatic heterocycles. The van der Waals surface area contributed by atoms with Crippen LogP contribution in [0.5, 0.6) is 0 Å². The zero-order valence-corrected chi connectivity index (χ0v) is 18.8. The minimum Gasteiger partial charge on any atom is -0.325 e. The zero-order valence-electron chi connectivity index (χ0n) is 16.5. The maximum atomic E-state index is 13.3. The number of amides is 2. The first-order valence-electron chi connectivity index (χ1n) is 9.45. The molecule has 2 N–H and O–H groups in total. The number of nitrogens with one attached hydrogen (secondary N) is 2. The fourth-order valence-electron chi connectivity index (χ4n) is 2.76. The quantitative estimate of drug-likeness (QED) is 0.364. The highest BCUT2D eigenvalue weighted by molar-refractivity contribution is 8.00. The fraction of sp³-hybridized carbons (Fsp3) is 0.130. The molecule has 0 heterocycles. The molecular weight excluding hydrogens is 458 g/mol. The Hall–Kier alpha value is -2.54. The second-order valence-electron chi connectivity index (χ2n) is 6.63. The Kier molecular flexibility index (Phi) is 7.96. The number of hydrogen-bond donors (Lipinski definition) is 2. The molecule has 0 saturated carbocycles. The number of benzene rings is 3. The second kappa shape index (κ2) is 10.7. The van der Waals surface area contributed by atoms with E-state index in [1.807, 2.05) is 13.0 Å². The van der Waals surface area contributed by atoms with E-state index in [-0.39, 0.29) is 22.1 Å². The summed E-state index contributed by atoms with van der Waals surface area (Å²) in [6, 6.07) is 18.0. The molecule has 3 aromatic carbocycles. The molecule has 4 nitrogen and oxygen atoms in total. The van der Waals surface area contributed by atoms with Gasteiger partial charge in [-0.1, -0.05) is 42.3 Å². The summed E-state index contributed by atoms with van der Waals surface area (Å²) in [6.07, 6.45) is 0.574. The molecule has 0 bridgehead atoms. The number of anilines is 2. The van der Waals surface area contributed by atoms with Crippen LogP contribution in [0.4, 0.5) is 15.8 Å². The summed E-state index contributed by atoms with van der Waals surface area (Å²) in [4.78, 5) is 25.9. The van der Waals surface area contributed by atoms with E-state index in [0.717, 1.165) is 4.90 Å². The van der Waals surface area contributed by atoms with Crippen LogP contribution in [0, 0.1) is 5.82 Å². The van der Waals surface area contributed by atoms with Gasteiger partial charge in [-0.2, -0.15) is 0 Å². The van der Waals surface area contributed by atoms with Crippen molar-refractivity contribution in [1.29, 1.82) is 0 Å². The lowest BCUT2D eigenvalue weighted by Crippen LogP contribution is -2.24. The third-order valence-electron chi connectivity index (χ3n) is 4.31. The number of hydrogen-bond acceptors (Lipinski definition) is 3. The topological polar surface area (TPSA) is 58.2 Å². The molecule has 0 radical (unpaired) electrons. The van der Waals surface area contributed by atoms with Gasteiger partial charge in [0.1, 0.15) is 5.82 Å². The van der Waals surface area contributed by atoms with Gasteiger partial charge in [-0.25, -0.2) is 4.39 Å². The molecular formula is C23H19Cl2FN2O2S. The molecule has 0 aliphatic rings. The Bertz CT molecular complexity index is 1110. The highest BCUT2D eigenvalue weighted by atomic mass is 35.5. The highest BCUT2D eigenvalue weighted by Gasteiger charge is 2.19. The normalized spacial score (nSPS) is 11.6. The number of halogens is 3. The SMILES string of the molecule is CCC(Sc1cccc(NC(=O)c2cccc(Cl)c2)c1)C(=O)Nc1ccc(F)c(Cl)c1. The van der Waals surface area contributed by atoms with Gasteiger partial charge < -0.3 is 10.6 Å².